The lowest BCUT2D eigenvalue weighted by molar-refractivity contribution is 0.196. The molecule has 0 amide bonds. The van der Waals surface area contributed by atoms with Gasteiger partial charge >= 0.3 is 0 Å². The highest BCUT2D eigenvalue weighted by molar-refractivity contribution is 5.46. The number of nitrogens with zero attached hydrogens (tertiary/aromatic N) is 2. The van der Waals surface area contributed by atoms with Gasteiger partial charge in [-0.05, 0) is 44.0 Å². The average molecular weight is 259 g/mol. The van der Waals surface area contributed by atoms with E-state index < -0.39 is 0 Å². The molecule has 0 aliphatic carbocycles. The summed E-state index contributed by atoms with van der Waals surface area (Å²) >= 11 is 0. The van der Waals surface area contributed by atoms with Gasteiger partial charge in [0, 0.05) is 38.4 Å². The molecule has 1 aromatic carbocycles. The van der Waals surface area contributed by atoms with E-state index in [2.05, 4.69) is 45.4 Å². The topological polar surface area (TPSA) is 18.5 Å². The van der Waals surface area contributed by atoms with Gasteiger partial charge in [0.25, 0.3) is 0 Å². The second-order valence-corrected chi connectivity index (χ2v) is 5.82. The predicted molar refractivity (Wildman–Crippen MR) is 80.7 cm³/mol. The standard InChI is InChI=1S/C16H25N3/c1-2-4-16(5-3-1)19-12-10-18(11-13-19)14-15-6-8-17-9-7-15/h1-5,15,17H,6-14H2. The number of hydrogen-bond donors (Lipinski definition) is 1. The number of benzene rings is 1. The maximum absolute atomic E-state index is 3.45. The zero-order valence-corrected chi connectivity index (χ0v) is 11.7. The monoisotopic (exact) mass is 259 g/mol. The third-order valence-corrected chi connectivity index (χ3v) is 4.47. The number of para-hydroxylation sites is 1. The lowest BCUT2D eigenvalue weighted by Gasteiger charge is -2.38. The number of nitrogens with one attached hydrogen (secondary N) is 1. The van der Waals surface area contributed by atoms with Gasteiger partial charge in [-0.25, -0.2) is 0 Å². The molecule has 3 nitrogen and oxygen atoms in total. The summed E-state index contributed by atoms with van der Waals surface area (Å²) in [6.45, 7) is 8.54. The van der Waals surface area contributed by atoms with Gasteiger partial charge in [0.1, 0.15) is 0 Å². The van der Waals surface area contributed by atoms with Crippen LogP contribution in [0.4, 0.5) is 5.69 Å². The molecule has 0 saturated carbocycles. The smallest absolute Gasteiger partial charge is 0.0367 e. The molecule has 0 radical (unpaired) electrons. The lowest BCUT2D eigenvalue weighted by atomic mass is 9.97. The van der Waals surface area contributed by atoms with Crippen molar-refractivity contribution in [1.82, 2.24) is 10.2 Å². The Kier molecular flexibility index (Phi) is 4.36. The highest BCUT2D eigenvalue weighted by Gasteiger charge is 2.21. The quantitative estimate of drug-likeness (QED) is 0.893. The zero-order chi connectivity index (χ0) is 12.9. The van der Waals surface area contributed by atoms with Gasteiger partial charge in [-0.3, -0.25) is 4.90 Å². The van der Waals surface area contributed by atoms with E-state index >= 15 is 0 Å². The maximum atomic E-state index is 3.45. The molecule has 2 heterocycles. The first-order chi connectivity index (χ1) is 9.42. The fraction of sp³-hybridized carbons (Fsp3) is 0.625. The van der Waals surface area contributed by atoms with Gasteiger partial charge in [0.05, 0.1) is 0 Å². The second kappa shape index (κ2) is 6.40. The van der Waals surface area contributed by atoms with Crippen molar-refractivity contribution in [3.05, 3.63) is 30.3 Å². The molecule has 2 aliphatic rings. The SMILES string of the molecule is c1ccc(N2CCN(CC3CCNCC3)CC2)cc1. The Labute approximate surface area is 116 Å². The minimum absolute atomic E-state index is 0.921. The normalized spacial score (nSPS) is 22.6. The van der Waals surface area contributed by atoms with Gasteiger partial charge in [0.15, 0.2) is 0 Å². The molecule has 0 aromatic heterocycles. The molecule has 0 atom stereocenters. The highest BCUT2D eigenvalue weighted by atomic mass is 15.3. The minimum atomic E-state index is 0.921. The van der Waals surface area contributed by atoms with Crippen molar-refractivity contribution in [2.24, 2.45) is 5.92 Å². The van der Waals surface area contributed by atoms with Crippen LogP contribution in [-0.4, -0.2) is 50.7 Å². The number of hydrogen-bond acceptors (Lipinski definition) is 3. The summed E-state index contributed by atoms with van der Waals surface area (Å²) in [6, 6.07) is 10.8. The molecule has 0 unspecified atom stereocenters. The van der Waals surface area contributed by atoms with Crippen LogP contribution in [-0.2, 0) is 0 Å². The van der Waals surface area contributed by atoms with Crippen LogP contribution in [0.15, 0.2) is 30.3 Å². The number of piperazine rings is 1. The molecule has 0 spiro atoms. The van der Waals surface area contributed by atoms with Gasteiger partial charge in [-0.2, -0.15) is 0 Å². The molecule has 3 heteroatoms. The Morgan fingerprint density at radius 3 is 2.32 bits per heavy atom. The molecule has 2 fully saturated rings. The first-order valence-corrected chi connectivity index (χ1v) is 7.65. The van der Waals surface area contributed by atoms with E-state index in [1.807, 2.05) is 0 Å². The van der Waals surface area contributed by atoms with Crippen molar-refractivity contribution >= 4 is 5.69 Å². The van der Waals surface area contributed by atoms with E-state index in [9.17, 15) is 0 Å². The number of rotatable bonds is 3. The van der Waals surface area contributed by atoms with Gasteiger partial charge < -0.3 is 10.2 Å². The Morgan fingerprint density at radius 1 is 0.947 bits per heavy atom. The molecule has 2 saturated heterocycles. The third kappa shape index (κ3) is 3.48. The fourth-order valence-corrected chi connectivity index (χ4v) is 3.26. The van der Waals surface area contributed by atoms with Gasteiger partial charge in [-0.15, -0.1) is 0 Å². The molecule has 1 N–H and O–H groups in total. The summed E-state index contributed by atoms with van der Waals surface area (Å²) in [6.07, 6.45) is 2.72. The first-order valence-electron chi connectivity index (χ1n) is 7.65. The van der Waals surface area contributed by atoms with Crippen LogP contribution in [0, 0.1) is 5.92 Å². The zero-order valence-electron chi connectivity index (χ0n) is 11.7. The molecular formula is C16H25N3. The molecule has 2 aliphatic heterocycles. The molecular weight excluding hydrogens is 234 g/mol. The first kappa shape index (κ1) is 12.9. The average Bonchev–Trinajstić information content (AvgIpc) is 2.50. The lowest BCUT2D eigenvalue weighted by Crippen LogP contribution is -2.48. The summed E-state index contributed by atoms with van der Waals surface area (Å²) < 4.78 is 0. The largest absolute Gasteiger partial charge is 0.369 e. The van der Waals surface area contributed by atoms with E-state index in [1.54, 1.807) is 0 Å². The summed E-state index contributed by atoms with van der Waals surface area (Å²) in [4.78, 5) is 5.17. The molecule has 1 aromatic rings. The van der Waals surface area contributed by atoms with E-state index in [0.29, 0.717) is 0 Å². The van der Waals surface area contributed by atoms with Crippen LogP contribution in [0.3, 0.4) is 0 Å². The molecule has 104 valence electrons. The molecule has 0 bridgehead atoms. The highest BCUT2D eigenvalue weighted by Crippen LogP contribution is 2.18. The Balaban J connectivity index is 1.46. The third-order valence-electron chi connectivity index (χ3n) is 4.47. The maximum Gasteiger partial charge on any atom is 0.0367 e. The Hall–Kier alpha value is -1.06. The Morgan fingerprint density at radius 2 is 1.63 bits per heavy atom. The fourth-order valence-electron chi connectivity index (χ4n) is 3.26. The van der Waals surface area contributed by atoms with Crippen molar-refractivity contribution < 1.29 is 0 Å². The van der Waals surface area contributed by atoms with Crippen molar-refractivity contribution in [2.45, 2.75) is 12.8 Å². The molecule has 3 rings (SSSR count). The van der Waals surface area contributed by atoms with Crippen LogP contribution >= 0.6 is 0 Å². The van der Waals surface area contributed by atoms with Crippen LogP contribution in [0.2, 0.25) is 0 Å². The van der Waals surface area contributed by atoms with Crippen LogP contribution in [0.1, 0.15) is 12.8 Å². The number of anilines is 1. The molecule has 19 heavy (non-hydrogen) atoms. The summed E-state index contributed by atoms with van der Waals surface area (Å²) in [5.74, 6) is 0.921. The van der Waals surface area contributed by atoms with Gasteiger partial charge in [0.2, 0.25) is 0 Å². The van der Waals surface area contributed by atoms with E-state index in [1.165, 1.54) is 64.3 Å². The van der Waals surface area contributed by atoms with E-state index in [4.69, 9.17) is 0 Å². The van der Waals surface area contributed by atoms with Crippen LogP contribution in [0.25, 0.3) is 0 Å². The Bertz CT molecular complexity index is 365. The van der Waals surface area contributed by atoms with Gasteiger partial charge in [-0.1, -0.05) is 18.2 Å². The van der Waals surface area contributed by atoms with Crippen molar-refractivity contribution in [1.29, 1.82) is 0 Å². The van der Waals surface area contributed by atoms with Crippen LogP contribution < -0.4 is 10.2 Å². The number of piperidine rings is 1. The van der Waals surface area contributed by atoms with Crippen molar-refractivity contribution in [2.75, 3.05) is 50.7 Å². The van der Waals surface area contributed by atoms with E-state index in [0.717, 1.165) is 5.92 Å². The minimum Gasteiger partial charge on any atom is -0.369 e. The summed E-state index contributed by atoms with van der Waals surface area (Å²) in [5.41, 5.74) is 1.38. The van der Waals surface area contributed by atoms with Crippen molar-refractivity contribution in [3.8, 4) is 0 Å². The second-order valence-electron chi connectivity index (χ2n) is 5.82. The summed E-state index contributed by atoms with van der Waals surface area (Å²) in [7, 11) is 0. The summed E-state index contributed by atoms with van der Waals surface area (Å²) in [5, 5.41) is 3.45. The van der Waals surface area contributed by atoms with Crippen molar-refractivity contribution in [3.63, 3.8) is 0 Å². The van der Waals surface area contributed by atoms with E-state index in [-0.39, 0.29) is 0 Å². The van der Waals surface area contributed by atoms with Crippen LogP contribution in [0.5, 0.6) is 0 Å². The predicted octanol–water partition coefficient (Wildman–Crippen LogP) is 1.81.